The summed E-state index contributed by atoms with van der Waals surface area (Å²) < 4.78 is 5.22. The SMILES string of the molecule is C[C@H]1O[C@H]1C(=O)N(CC(=O)c1ccccc1)CC(=O)c1ccccc1. The van der Waals surface area contributed by atoms with Gasteiger partial charge in [-0.25, -0.2) is 0 Å². The van der Waals surface area contributed by atoms with Crippen molar-refractivity contribution >= 4 is 17.5 Å². The number of rotatable bonds is 7. The Morgan fingerprint density at radius 1 is 0.840 bits per heavy atom. The predicted octanol–water partition coefficient (Wildman–Crippen LogP) is 2.37. The number of hydrogen-bond donors (Lipinski definition) is 0. The van der Waals surface area contributed by atoms with Crippen LogP contribution in [0, 0.1) is 0 Å². The van der Waals surface area contributed by atoms with Crippen LogP contribution >= 0.6 is 0 Å². The number of hydrogen-bond acceptors (Lipinski definition) is 4. The van der Waals surface area contributed by atoms with Gasteiger partial charge in [0.25, 0.3) is 5.91 Å². The molecule has 0 aromatic heterocycles. The van der Waals surface area contributed by atoms with Crippen molar-refractivity contribution in [2.75, 3.05) is 13.1 Å². The highest BCUT2D eigenvalue weighted by Gasteiger charge is 2.44. The predicted molar refractivity (Wildman–Crippen MR) is 92.5 cm³/mol. The lowest BCUT2D eigenvalue weighted by Gasteiger charge is -2.20. The Kier molecular flexibility index (Phi) is 5.05. The molecule has 1 heterocycles. The first-order valence-corrected chi connectivity index (χ1v) is 8.17. The topological polar surface area (TPSA) is 67.0 Å². The Morgan fingerprint density at radius 2 is 1.24 bits per heavy atom. The van der Waals surface area contributed by atoms with Crippen molar-refractivity contribution in [1.82, 2.24) is 4.90 Å². The summed E-state index contributed by atoms with van der Waals surface area (Å²) in [5.74, 6) is -0.729. The van der Waals surface area contributed by atoms with Gasteiger partial charge in [-0.15, -0.1) is 0 Å². The summed E-state index contributed by atoms with van der Waals surface area (Å²) in [5, 5.41) is 0. The molecule has 1 fully saturated rings. The summed E-state index contributed by atoms with van der Waals surface area (Å²) in [6, 6.07) is 17.5. The van der Waals surface area contributed by atoms with Crippen LogP contribution in [0.1, 0.15) is 27.6 Å². The Hall–Kier alpha value is -2.79. The first-order chi connectivity index (χ1) is 12.1. The van der Waals surface area contributed by atoms with E-state index in [0.717, 1.165) is 0 Å². The minimum Gasteiger partial charge on any atom is -0.359 e. The Bertz CT molecular complexity index is 719. The molecule has 1 aliphatic heterocycles. The number of ether oxygens (including phenoxy) is 1. The number of carbonyl (C=O) groups excluding carboxylic acids is 3. The van der Waals surface area contributed by atoms with E-state index in [4.69, 9.17) is 4.74 Å². The molecule has 5 nitrogen and oxygen atoms in total. The van der Waals surface area contributed by atoms with Gasteiger partial charge < -0.3 is 9.64 Å². The van der Waals surface area contributed by atoms with Gasteiger partial charge in [0, 0.05) is 11.1 Å². The molecule has 0 bridgehead atoms. The van der Waals surface area contributed by atoms with E-state index in [-0.39, 0.29) is 36.7 Å². The first kappa shape index (κ1) is 17.0. The fourth-order valence-corrected chi connectivity index (χ4v) is 2.61. The van der Waals surface area contributed by atoms with E-state index in [1.807, 2.05) is 12.1 Å². The molecule has 0 radical (unpaired) electrons. The van der Waals surface area contributed by atoms with E-state index in [2.05, 4.69) is 0 Å². The lowest BCUT2D eigenvalue weighted by molar-refractivity contribution is -0.131. The zero-order chi connectivity index (χ0) is 17.8. The number of nitrogens with zero attached hydrogens (tertiary/aromatic N) is 1. The average molecular weight is 337 g/mol. The van der Waals surface area contributed by atoms with Crippen LogP contribution in [0.3, 0.4) is 0 Å². The summed E-state index contributed by atoms with van der Waals surface area (Å²) in [5.41, 5.74) is 1.02. The normalized spacial score (nSPS) is 18.4. The molecule has 0 unspecified atom stereocenters. The Labute approximate surface area is 146 Å². The second kappa shape index (κ2) is 7.40. The molecule has 0 spiro atoms. The molecule has 3 rings (SSSR count). The highest BCUT2D eigenvalue weighted by atomic mass is 16.6. The van der Waals surface area contributed by atoms with Crippen LogP contribution in [0.4, 0.5) is 0 Å². The molecule has 2 aromatic rings. The van der Waals surface area contributed by atoms with Gasteiger partial charge in [0.1, 0.15) is 0 Å². The van der Waals surface area contributed by atoms with Crippen molar-refractivity contribution in [3.8, 4) is 0 Å². The van der Waals surface area contributed by atoms with Gasteiger partial charge in [0.15, 0.2) is 17.7 Å². The molecule has 128 valence electrons. The average Bonchev–Trinajstić information content (AvgIpc) is 3.38. The molecular formula is C20H19NO4. The molecule has 1 amide bonds. The van der Waals surface area contributed by atoms with Gasteiger partial charge in [-0.3, -0.25) is 14.4 Å². The monoisotopic (exact) mass is 337 g/mol. The van der Waals surface area contributed by atoms with E-state index in [1.54, 1.807) is 55.5 Å². The fraction of sp³-hybridized carbons (Fsp3) is 0.250. The standard InChI is InChI=1S/C20H19NO4/c1-14-19(25-14)20(24)21(12-17(22)15-8-4-2-5-9-15)13-18(23)16-10-6-3-7-11-16/h2-11,14,19H,12-13H2,1H3/t14-,19-/m1/s1. The van der Waals surface area contributed by atoms with Gasteiger partial charge in [0.2, 0.25) is 0 Å². The number of carbonyl (C=O) groups is 3. The minimum absolute atomic E-state index is 0.145. The zero-order valence-corrected chi connectivity index (χ0v) is 13.9. The van der Waals surface area contributed by atoms with E-state index in [1.165, 1.54) is 4.90 Å². The van der Waals surface area contributed by atoms with Crippen molar-refractivity contribution < 1.29 is 19.1 Å². The highest BCUT2D eigenvalue weighted by Crippen LogP contribution is 2.23. The quantitative estimate of drug-likeness (QED) is 0.575. The summed E-state index contributed by atoms with van der Waals surface area (Å²) in [7, 11) is 0. The largest absolute Gasteiger partial charge is 0.359 e. The number of amides is 1. The Balaban J connectivity index is 1.74. The summed E-state index contributed by atoms with van der Waals surface area (Å²) in [6.07, 6.45) is -0.735. The van der Waals surface area contributed by atoms with Crippen LogP contribution in [-0.4, -0.2) is 47.7 Å². The van der Waals surface area contributed by atoms with Gasteiger partial charge in [-0.05, 0) is 6.92 Å². The van der Waals surface area contributed by atoms with Gasteiger partial charge in [-0.2, -0.15) is 0 Å². The molecule has 25 heavy (non-hydrogen) atoms. The number of Topliss-reactive ketones (excluding diaryl/α,β-unsaturated/α-hetero) is 2. The molecule has 0 aliphatic carbocycles. The molecular weight excluding hydrogens is 318 g/mol. The molecule has 1 aliphatic rings. The maximum Gasteiger partial charge on any atom is 0.255 e. The van der Waals surface area contributed by atoms with Gasteiger partial charge in [0.05, 0.1) is 19.2 Å². The lowest BCUT2D eigenvalue weighted by Crippen LogP contribution is -2.42. The van der Waals surface area contributed by atoms with Crippen LogP contribution in [-0.2, 0) is 9.53 Å². The third kappa shape index (κ3) is 4.19. The third-order valence-corrected chi connectivity index (χ3v) is 4.13. The van der Waals surface area contributed by atoms with Crippen LogP contribution < -0.4 is 0 Å². The smallest absolute Gasteiger partial charge is 0.255 e. The maximum atomic E-state index is 12.5. The maximum absolute atomic E-state index is 12.5. The van der Waals surface area contributed by atoms with Crippen LogP contribution in [0.15, 0.2) is 60.7 Å². The van der Waals surface area contributed by atoms with Crippen molar-refractivity contribution in [2.24, 2.45) is 0 Å². The number of ketones is 2. The summed E-state index contributed by atoms with van der Waals surface area (Å²) in [6.45, 7) is 1.50. The second-order valence-electron chi connectivity index (χ2n) is 6.03. The van der Waals surface area contributed by atoms with Crippen molar-refractivity contribution in [1.29, 1.82) is 0 Å². The lowest BCUT2D eigenvalue weighted by atomic mass is 10.1. The fourth-order valence-electron chi connectivity index (χ4n) is 2.61. The van der Waals surface area contributed by atoms with E-state index in [9.17, 15) is 14.4 Å². The Morgan fingerprint density at radius 3 is 1.60 bits per heavy atom. The van der Waals surface area contributed by atoms with Crippen LogP contribution in [0.5, 0.6) is 0 Å². The molecule has 0 saturated carbocycles. The van der Waals surface area contributed by atoms with Crippen molar-refractivity contribution in [3.05, 3.63) is 71.8 Å². The van der Waals surface area contributed by atoms with Gasteiger partial charge in [-0.1, -0.05) is 60.7 Å². The van der Waals surface area contributed by atoms with E-state index in [0.29, 0.717) is 11.1 Å². The highest BCUT2D eigenvalue weighted by molar-refractivity contribution is 6.03. The molecule has 1 saturated heterocycles. The summed E-state index contributed by atoms with van der Waals surface area (Å²) >= 11 is 0. The van der Waals surface area contributed by atoms with Crippen molar-refractivity contribution in [2.45, 2.75) is 19.1 Å². The molecule has 2 atom stereocenters. The third-order valence-electron chi connectivity index (χ3n) is 4.13. The molecule has 5 heteroatoms. The first-order valence-electron chi connectivity index (χ1n) is 8.17. The molecule has 0 N–H and O–H groups in total. The minimum atomic E-state index is -0.563. The van der Waals surface area contributed by atoms with Crippen LogP contribution in [0.25, 0.3) is 0 Å². The number of epoxide rings is 1. The van der Waals surface area contributed by atoms with Crippen LogP contribution in [0.2, 0.25) is 0 Å². The zero-order valence-electron chi connectivity index (χ0n) is 13.9. The van der Waals surface area contributed by atoms with Gasteiger partial charge >= 0.3 is 0 Å². The molecule has 2 aromatic carbocycles. The van der Waals surface area contributed by atoms with Crippen molar-refractivity contribution in [3.63, 3.8) is 0 Å². The van der Waals surface area contributed by atoms with E-state index < -0.39 is 6.10 Å². The van der Waals surface area contributed by atoms with E-state index >= 15 is 0 Å². The second-order valence-corrected chi connectivity index (χ2v) is 6.03. The number of benzene rings is 2. The summed E-state index contributed by atoms with van der Waals surface area (Å²) in [4.78, 5) is 38.7.